The molecular weight excluding hydrogens is 869 g/mol. The third kappa shape index (κ3) is 6.18. The molecule has 0 radical (unpaired) electrons. The van der Waals surface area contributed by atoms with Crippen LogP contribution in [-0.4, -0.2) is 19.5 Å². The molecule has 0 aliphatic heterocycles. The lowest BCUT2D eigenvalue weighted by molar-refractivity contribution is 0.669. The maximum atomic E-state index is 6.57. The fourth-order valence-corrected chi connectivity index (χ4v) is 10.9. The van der Waals surface area contributed by atoms with Crippen molar-refractivity contribution < 1.29 is 8.83 Å². The van der Waals surface area contributed by atoms with Gasteiger partial charge in [0, 0.05) is 71.0 Å². The Bertz CT molecular complexity index is 4490. The van der Waals surface area contributed by atoms with E-state index in [9.17, 15) is 0 Å². The Labute approximate surface area is 406 Å². The van der Waals surface area contributed by atoms with Crippen LogP contribution < -0.4 is 0 Å². The van der Waals surface area contributed by atoms with Gasteiger partial charge in [-0.25, -0.2) is 15.0 Å². The molecule has 0 aliphatic rings. The lowest BCUT2D eigenvalue weighted by Gasteiger charge is -2.14. The van der Waals surface area contributed by atoms with E-state index in [2.05, 4.69) is 199 Å². The summed E-state index contributed by atoms with van der Waals surface area (Å²) in [4.78, 5) is 16.0. The predicted molar refractivity (Wildman–Crippen MR) is 291 cm³/mol. The highest BCUT2D eigenvalue weighted by molar-refractivity contribution is 6.21. The Morgan fingerprint density at radius 1 is 0.310 bits per heavy atom. The van der Waals surface area contributed by atoms with E-state index in [1.165, 1.54) is 16.3 Å². The zero-order valence-corrected chi connectivity index (χ0v) is 38.0. The standard InChI is InChI=1S/C65H38N4O2/c1-3-15-40(16-4-1)62-54-36-53-44-19-7-10-26-58(44)69(43-17-5-2-6-18-43)59(53)37-51(54)52-35-42(33-34-55(52)66-62)39-29-31-41(32-30-39)65-67-56(49-24-13-22-47-45-20-8-11-27-60(45)70-63(47)49)38-57(68-65)50-25-14-23-48-46-21-9-12-28-61(46)71-64(48)50/h1-38H. The van der Waals surface area contributed by atoms with Gasteiger partial charge in [-0.2, -0.15) is 0 Å². The van der Waals surface area contributed by atoms with Crippen LogP contribution in [0.2, 0.25) is 0 Å². The molecule has 15 aromatic rings. The molecule has 71 heavy (non-hydrogen) atoms. The van der Waals surface area contributed by atoms with E-state index < -0.39 is 0 Å². The van der Waals surface area contributed by atoms with Gasteiger partial charge < -0.3 is 13.4 Å². The van der Waals surface area contributed by atoms with Crippen molar-refractivity contribution in [3.05, 3.63) is 231 Å². The summed E-state index contributed by atoms with van der Waals surface area (Å²) < 4.78 is 15.5. The van der Waals surface area contributed by atoms with Crippen molar-refractivity contribution in [3.63, 3.8) is 0 Å². The molecule has 0 bridgehead atoms. The first kappa shape index (κ1) is 39.4. The minimum Gasteiger partial charge on any atom is -0.455 e. The molecule has 0 saturated carbocycles. The van der Waals surface area contributed by atoms with Gasteiger partial charge in [-0.1, -0.05) is 158 Å². The summed E-state index contributed by atoms with van der Waals surface area (Å²) in [5.74, 6) is 0.602. The molecular formula is C65H38N4O2. The molecule has 10 aromatic carbocycles. The van der Waals surface area contributed by atoms with Gasteiger partial charge in [0.25, 0.3) is 0 Å². The molecule has 6 nitrogen and oxygen atoms in total. The monoisotopic (exact) mass is 906 g/mol. The van der Waals surface area contributed by atoms with Gasteiger partial charge >= 0.3 is 0 Å². The van der Waals surface area contributed by atoms with E-state index in [4.69, 9.17) is 23.8 Å². The molecule has 5 aromatic heterocycles. The maximum absolute atomic E-state index is 6.57. The lowest BCUT2D eigenvalue weighted by Crippen LogP contribution is -1.96. The molecule has 330 valence electrons. The number of furan rings is 2. The Hall–Kier alpha value is -9.65. The molecule has 0 fully saturated rings. The van der Waals surface area contributed by atoms with E-state index in [0.717, 1.165) is 127 Å². The van der Waals surface area contributed by atoms with Crippen molar-refractivity contribution in [2.45, 2.75) is 0 Å². The summed E-state index contributed by atoms with van der Waals surface area (Å²) >= 11 is 0. The van der Waals surface area contributed by atoms with Crippen LogP contribution in [0.4, 0.5) is 0 Å². The van der Waals surface area contributed by atoms with Crippen LogP contribution in [0.1, 0.15) is 0 Å². The molecule has 0 N–H and O–H groups in total. The van der Waals surface area contributed by atoms with Crippen LogP contribution >= 0.6 is 0 Å². The third-order valence-electron chi connectivity index (χ3n) is 14.2. The van der Waals surface area contributed by atoms with Gasteiger partial charge in [-0.05, 0) is 89.3 Å². The number of rotatable bonds is 6. The van der Waals surface area contributed by atoms with Crippen molar-refractivity contribution in [1.82, 2.24) is 19.5 Å². The molecule has 0 aliphatic carbocycles. The first-order chi connectivity index (χ1) is 35.2. The summed E-state index contributed by atoms with van der Waals surface area (Å²) in [5, 5.41) is 9.98. The Kier molecular flexibility index (Phi) is 8.56. The van der Waals surface area contributed by atoms with Gasteiger partial charge in [0.05, 0.1) is 33.6 Å². The molecule has 5 heterocycles. The molecule has 15 rings (SSSR count). The summed E-state index contributed by atoms with van der Waals surface area (Å²) in [6.45, 7) is 0. The first-order valence-electron chi connectivity index (χ1n) is 23.9. The zero-order valence-electron chi connectivity index (χ0n) is 38.0. The zero-order chi connectivity index (χ0) is 46.6. The second-order valence-corrected chi connectivity index (χ2v) is 18.3. The van der Waals surface area contributed by atoms with Crippen LogP contribution in [0.25, 0.3) is 149 Å². The van der Waals surface area contributed by atoms with Crippen LogP contribution in [0.15, 0.2) is 239 Å². The Morgan fingerprint density at radius 2 is 0.873 bits per heavy atom. The third-order valence-corrected chi connectivity index (χ3v) is 14.2. The molecule has 0 spiro atoms. The number of para-hydroxylation sites is 6. The summed E-state index contributed by atoms with van der Waals surface area (Å²) in [6.07, 6.45) is 0. The van der Waals surface area contributed by atoms with Crippen molar-refractivity contribution >= 4 is 87.4 Å². The van der Waals surface area contributed by atoms with Gasteiger partial charge in [-0.3, -0.25) is 0 Å². The van der Waals surface area contributed by atoms with Crippen molar-refractivity contribution in [2.75, 3.05) is 0 Å². The van der Waals surface area contributed by atoms with Gasteiger partial charge in [0.2, 0.25) is 0 Å². The van der Waals surface area contributed by atoms with E-state index >= 15 is 0 Å². The smallest absolute Gasteiger partial charge is 0.160 e. The summed E-state index contributed by atoms with van der Waals surface area (Å²) in [7, 11) is 0. The fraction of sp³-hybridized carbons (Fsp3) is 0. The van der Waals surface area contributed by atoms with Crippen LogP contribution in [-0.2, 0) is 0 Å². The van der Waals surface area contributed by atoms with Crippen LogP contribution in [0.5, 0.6) is 0 Å². The van der Waals surface area contributed by atoms with Gasteiger partial charge in [0.15, 0.2) is 5.82 Å². The number of fused-ring (bicyclic) bond motifs is 12. The summed E-state index contributed by atoms with van der Waals surface area (Å²) in [6, 6.07) is 80.8. The number of hydrogen-bond donors (Lipinski definition) is 0. The minimum absolute atomic E-state index is 0.602. The first-order valence-corrected chi connectivity index (χ1v) is 23.9. The maximum Gasteiger partial charge on any atom is 0.160 e. The predicted octanol–water partition coefficient (Wildman–Crippen LogP) is 17.4. The topological polar surface area (TPSA) is 69.9 Å². The Morgan fingerprint density at radius 3 is 1.55 bits per heavy atom. The Balaban J connectivity index is 0.901. The largest absolute Gasteiger partial charge is 0.455 e. The van der Waals surface area contributed by atoms with Crippen molar-refractivity contribution in [1.29, 1.82) is 0 Å². The van der Waals surface area contributed by atoms with E-state index in [1.54, 1.807) is 0 Å². The molecule has 0 unspecified atom stereocenters. The number of hydrogen-bond acceptors (Lipinski definition) is 5. The number of nitrogens with zero attached hydrogens (tertiary/aromatic N) is 4. The quantitative estimate of drug-likeness (QED) is 0.155. The van der Waals surface area contributed by atoms with Gasteiger partial charge in [-0.15, -0.1) is 0 Å². The lowest BCUT2D eigenvalue weighted by atomic mass is 9.95. The molecule has 6 heteroatoms. The SMILES string of the molecule is c1ccc(-c2nc3ccc(-c4ccc(-c5nc(-c6cccc7c6oc6ccccc67)cc(-c6cccc7c6oc6ccccc67)n5)cc4)cc3c3cc4c(cc23)c2ccccc2n4-c2ccccc2)cc1. The number of aromatic nitrogens is 4. The molecule has 0 atom stereocenters. The normalized spacial score (nSPS) is 11.9. The average Bonchev–Trinajstić information content (AvgIpc) is 4.12. The van der Waals surface area contributed by atoms with Crippen molar-refractivity contribution in [2.24, 2.45) is 0 Å². The average molecular weight is 907 g/mol. The molecule has 0 amide bonds. The fourth-order valence-electron chi connectivity index (χ4n) is 10.9. The van der Waals surface area contributed by atoms with E-state index in [-0.39, 0.29) is 0 Å². The highest BCUT2D eigenvalue weighted by Crippen LogP contribution is 2.43. The van der Waals surface area contributed by atoms with E-state index in [1.807, 2.05) is 36.4 Å². The van der Waals surface area contributed by atoms with E-state index in [0.29, 0.717) is 5.82 Å². The van der Waals surface area contributed by atoms with Crippen LogP contribution in [0, 0.1) is 0 Å². The number of benzene rings is 10. The van der Waals surface area contributed by atoms with Crippen LogP contribution in [0.3, 0.4) is 0 Å². The second-order valence-electron chi connectivity index (χ2n) is 18.3. The summed E-state index contributed by atoms with van der Waals surface area (Å²) in [5.41, 5.74) is 16.1. The number of pyridine rings is 1. The highest BCUT2D eigenvalue weighted by Gasteiger charge is 2.21. The van der Waals surface area contributed by atoms with Crippen molar-refractivity contribution in [3.8, 4) is 62.0 Å². The second kappa shape index (κ2) is 15.4. The minimum atomic E-state index is 0.602. The molecule has 0 saturated heterocycles. The highest BCUT2D eigenvalue weighted by atomic mass is 16.3. The van der Waals surface area contributed by atoms with Gasteiger partial charge in [0.1, 0.15) is 22.3 Å².